The summed E-state index contributed by atoms with van der Waals surface area (Å²) in [5.74, 6) is 0. The smallest absolute Gasteiger partial charge is 0.166 e. The molecule has 0 spiro atoms. The van der Waals surface area contributed by atoms with E-state index in [-0.39, 0.29) is 6.04 Å². The first-order valence-corrected chi connectivity index (χ1v) is 6.52. The lowest BCUT2D eigenvalue weighted by Gasteiger charge is -2.06. The van der Waals surface area contributed by atoms with Crippen molar-refractivity contribution in [2.75, 3.05) is 6.54 Å². The molecule has 1 N–H and O–H groups in total. The Morgan fingerprint density at radius 3 is 2.94 bits per heavy atom. The molecule has 2 aromatic rings. The largest absolute Gasteiger partial charge is 0.308 e. The Balaban J connectivity index is 2.27. The van der Waals surface area contributed by atoms with E-state index < -0.39 is 0 Å². The van der Waals surface area contributed by atoms with Gasteiger partial charge in [-0.25, -0.2) is 0 Å². The minimum absolute atomic E-state index is 0.246. The van der Waals surface area contributed by atoms with Gasteiger partial charge in [-0.1, -0.05) is 24.3 Å². The molecule has 0 bridgehead atoms. The average molecular weight is 248 g/mol. The molecule has 0 saturated heterocycles. The molecule has 0 amide bonds. The molecule has 0 aliphatic heterocycles. The molecule has 0 aliphatic carbocycles. The summed E-state index contributed by atoms with van der Waals surface area (Å²) >= 11 is 1.60. The molecule has 0 aliphatic rings. The first-order valence-electron chi connectivity index (χ1n) is 5.71. The number of nitrogens with zero attached hydrogens (tertiary/aromatic N) is 3. The van der Waals surface area contributed by atoms with Crippen molar-refractivity contribution >= 4 is 11.3 Å². The van der Waals surface area contributed by atoms with Crippen LogP contribution in [0.5, 0.6) is 0 Å². The van der Waals surface area contributed by atoms with Crippen LogP contribution in [-0.2, 0) is 0 Å². The van der Waals surface area contributed by atoms with Crippen molar-refractivity contribution in [2.45, 2.75) is 26.8 Å². The number of aryl methyl sites for hydroxylation is 1. The summed E-state index contributed by atoms with van der Waals surface area (Å²) in [6.07, 6.45) is 1.79. The van der Waals surface area contributed by atoms with Gasteiger partial charge >= 0.3 is 0 Å². The van der Waals surface area contributed by atoms with E-state index in [4.69, 9.17) is 0 Å². The van der Waals surface area contributed by atoms with Crippen LogP contribution in [0.25, 0.3) is 10.7 Å². The Labute approximate surface area is 105 Å². The Bertz CT molecular complexity index is 495. The van der Waals surface area contributed by atoms with Gasteiger partial charge in [-0.3, -0.25) is 4.98 Å². The summed E-state index contributed by atoms with van der Waals surface area (Å²) in [7, 11) is 0. The van der Waals surface area contributed by atoms with Crippen molar-refractivity contribution in [1.29, 1.82) is 0 Å². The Morgan fingerprint density at radius 1 is 1.41 bits per heavy atom. The van der Waals surface area contributed by atoms with Gasteiger partial charge in [-0.15, -0.1) is 10.2 Å². The lowest BCUT2D eigenvalue weighted by molar-refractivity contribution is 0.590. The maximum absolute atomic E-state index is 4.35. The van der Waals surface area contributed by atoms with Crippen LogP contribution in [-0.4, -0.2) is 21.7 Å². The molecule has 2 rings (SSSR count). The zero-order valence-corrected chi connectivity index (χ0v) is 11.1. The van der Waals surface area contributed by atoms with E-state index in [1.165, 1.54) is 0 Å². The number of pyridine rings is 1. The first-order chi connectivity index (χ1) is 8.22. The second-order valence-corrected chi connectivity index (χ2v) is 4.90. The topological polar surface area (TPSA) is 50.7 Å². The van der Waals surface area contributed by atoms with Crippen LogP contribution in [0.1, 0.15) is 30.5 Å². The van der Waals surface area contributed by atoms with Gasteiger partial charge < -0.3 is 5.32 Å². The molecule has 2 aromatic heterocycles. The van der Waals surface area contributed by atoms with E-state index in [1.54, 1.807) is 17.5 Å². The molecule has 1 unspecified atom stereocenters. The normalized spacial score (nSPS) is 12.6. The highest BCUT2D eigenvalue weighted by atomic mass is 32.1. The van der Waals surface area contributed by atoms with E-state index in [2.05, 4.69) is 34.3 Å². The fraction of sp³-hybridized carbons (Fsp3) is 0.417. The highest BCUT2D eigenvalue weighted by molar-refractivity contribution is 7.14. The second kappa shape index (κ2) is 5.33. The van der Waals surface area contributed by atoms with Gasteiger partial charge in [0, 0.05) is 6.20 Å². The van der Waals surface area contributed by atoms with Crippen LogP contribution in [0.15, 0.2) is 18.3 Å². The molecule has 1 atom stereocenters. The summed E-state index contributed by atoms with van der Waals surface area (Å²) in [4.78, 5) is 4.35. The van der Waals surface area contributed by atoms with Gasteiger partial charge in [-0.05, 0) is 32.0 Å². The Morgan fingerprint density at radius 2 is 2.24 bits per heavy atom. The molecule has 90 valence electrons. The summed E-state index contributed by atoms with van der Waals surface area (Å²) in [6, 6.07) is 4.22. The highest BCUT2D eigenvalue weighted by Crippen LogP contribution is 2.26. The van der Waals surface area contributed by atoms with E-state index in [9.17, 15) is 0 Å². The SMILES string of the molecule is CCNC(C)c1nnc(-c2ncccc2C)s1. The summed E-state index contributed by atoms with van der Waals surface area (Å²) < 4.78 is 0. The fourth-order valence-electron chi connectivity index (χ4n) is 1.61. The third-order valence-corrected chi connectivity index (χ3v) is 3.65. The number of hydrogen-bond donors (Lipinski definition) is 1. The van der Waals surface area contributed by atoms with Crippen molar-refractivity contribution in [3.05, 3.63) is 28.9 Å². The van der Waals surface area contributed by atoms with E-state index in [0.29, 0.717) is 0 Å². The van der Waals surface area contributed by atoms with Gasteiger partial charge in [0.2, 0.25) is 0 Å². The monoisotopic (exact) mass is 248 g/mol. The highest BCUT2D eigenvalue weighted by Gasteiger charge is 2.13. The molecule has 0 aromatic carbocycles. The summed E-state index contributed by atoms with van der Waals surface area (Å²) in [5.41, 5.74) is 2.06. The number of nitrogens with one attached hydrogen (secondary N) is 1. The van der Waals surface area contributed by atoms with Gasteiger partial charge in [0.25, 0.3) is 0 Å². The van der Waals surface area contributed by atoms with Crippen molar-refractivity contribution in [2.24, 2.45) is 0 Å². The van der Waals surface area contributed by atoms with E-state index >= 15 is 0 Å². The van der Waals surface area contributed by atoms with Gasteiger partial charge in [-0.2, -0.15) is 0 Å². The second-order valence-electron chi connectivity index (χ2n) is 3.89. The maximum Gasteiger partial charge on any atom is 0.166 e. The lowest BCUT2D eigenvalue weighted by Crippen LogP contribution is -2.17. The maximum atomic E-state index is 4.35. The standard InChI is InChI=1S/C12H16N4S/c1-4-13-9(3)11-15-16-12(17-11)10-8(2)6-5-7-14-10/h5-7,9,13H,4H2,1-3H3. The van der Waals surface area contributed by atoms with Crippen molar-refractivity contribution < 1.29 is 0 Å². The van der Waals surface area contributed by atoms with Crippen LogP contribution < -0.4 is 5.32 Å². The van der Waals surface area contributed by atoms with E-state index in [1.807, 2.05) is 19.1 Å². The van der Waals surface area contributed by atoms with Crippen molar-refractivity contribution in [3.63, 3.8) is 0 Å². The number of aromatic nitrogens is 3. The zero-order chi connectivity index (χ0) is 12.3. The molecule has 2 heterocycles. The van der Waals surface area contributed by atoms with Gasteiger partial charge in [0.05, 0.1) is 6.04 Å². The minimum atomic E-state index is 0.246. The van der Waals surface area contributed by atoms with Gasteiger partial charge in [0.15, 0.2) is 5.01 Å². The van der Waals surface area contributed by atoms with Crippen LogP contribution in [0.3, 0.4) is 0 Å². The molecule has 0 fully saturated rings. The number of hydrogen-bond acceptors (Lipinski definition) is 5. The quantitative estimate of drug-likeness (QED) is 0.903. The summed E-state index contributed by atoms with van der Waals surface area (Å²) in [6.45, 7) is 7.15. The van der Waals surface area contributed by atoms with Crippen LogP contribution in [0.4, 0.5) is 0 Å². The van der Waals surface area contributed by atoms with E-state index in [0.717, 1.165) is 27.8 Å². The van der Waals surface area contributed by atoms with Crippen LogP contribution in [0.2, 0.25) is 0 Å². The molecule has 17 heavy (non-hydrogen) atoms. The lowest BCUT2D eigenvalue weighted by atomic mass is 10.2. The predicted molar refractivity (Wildman–Crippen MR) is 70.0 cm³/mol. The average Bonchev–Trinajstić information content (AvgIpc) is 2.79. The third kappa shape index (κ3) is 2.68. The van der Waals surface area contributed by atoms with Crippen molar-refractivity contribution in [1.82, 2.24) is 20.5 Å². The fourth-order valence-corrected chi connectivity index (χ4v) is 2.54. The Hall–Kier alpha value is -1.33. The molecule has 0 radical (unpaired) electrons. The number of rotatable bonds is 4. The molecule has 4 nitrogen and oxygen atoms in total. The molecule has 0 saturated carbocycles. The minimum Gasteiger partial charge on any atom is -0.308 e. The zero-order valence-electron chi connectivity index (χ0n) is 10.3. The predicted octanol–water partition coefficient (Wildman–Crippen LogP) is 2.58. The molecular formula is C12H16N4S. The first kappa shape index (κ1) is 12.1. The third-order valence-electron chi connectivity index (χ3n) is 2.53. The molecular weight excluding hydrogens is 232 g/mol. The Kier molecular flexibility index (Phi) is 3.81. The van der Waals surface area contributed by atoms with Gasteiger partial charge in [0.1, 0.15) is 10.7 Å². The van der Waals surface area contributed by atoms with Crippen molar-refractivity contribution in [3.8, 4) is 10.7 Å². The molecule has 5 heteroatoms. The summed E-state index contributed by atoms with van der Waals surface area (Å²) in [5, 5.41) is 13.7. The van der Waals surface area contributed by atoms with Crippen LogP contribution >= 0.6 is 11.3 Å². The van der Waals surface area contributed by atoms with Crippen LogP contribution in [0, 0.1) is 6.92 Å².